The van der Waals surface area contributed by atoms with E-state index >= 15 is 0 Å². The van der Waals surface area contributed by atoms with Gasteiger partial charge in [0.05, 0.1) is 17.7 Å². The summed E-state index contributed by atoms with van der Waals surface area (Å²) in [5.41, 5.74) is 7.70. The van der Waals surface area contributed by atoms with Gasteiger partial charge in [0.25, 0.3) is 0 Å². The number of imidazole rings is 1. The Morgan fingerprint density at radius 2 is 1.92 bits per heavy atom. The van der Waals surface area contributed by atoms with Gasteiger partial charge in [0.2, 0.25) is 5.91 Å². The van der Waals surface area contributed by atoms with Crippen LogP contribution in [0.25, 0.3) is 5.69 Å². The summed E-state index contributed by atoms with van der Waals surface area (Å²) in [5, 5.41) is 3.06. The Hall–Kier alpha value is -1.56. The van der Waals surface area contributed by atoms with E-state index < -0.39 is 0 Å². The van der Waals surface area contributed by atoms with Gasteiger partial charge in [0.15, 0.2) is 0 Å². The van der Waals surface area contributed by atoms with Crippen LogP contribution in [0.15, 0.2) is 43.0 Å². The van der Waals surface area contributed by atoms with E-state index in [9.17, 15) is 4.79 Å². The van der Waals surface area contributed by atoms with Crippen molar-refractivity contribution in [1.29, 1.82) is 0 Å². The molecule has 0 radical (unpaired) electrons. The first kappa shape index (κ1) is 21.5. The molecule has 0 spiro atoms. The van der Waals surface area contributed by atoms with Crippen LogP contribution in [0.1, 0.15) is 38.5 Å². The van der Waals surface area contributed by atoms with E-state index in [1.165, 1.54) is 19.3 Å². The molecule has 0 bridgehead atoms. The molecule has 3 rings (SSSR count). The maximum Gasteiger partial charge on any atom is 0.225 e. The Morgan fingerprint density at radius 3 is 2.56 bits per heavy atom. The molecule has 3 N–H and O–H groups in total. The van der Waals surface area contributed by atoms with Crippen LogP contribution in [-0.2, 0) is 4.79 Å². The number of para-hydroxylation sites is 2. The first-order valence-electron chi connectivity index (χ1n) is 8.30. The minimum absolute atomic E-state index is 0. The molecular weight excluding hydrogens is 359 g/mol. The summed E-state index contributed by atoms with van der Waals surface area (Å²) in [7, 11) is 0. The van der Waals surface area contributed by atoms with Crippen LogP contribution in [0.3, 0.4) is 0 Å². The van der Waals surface area contributed by atoms with Crippen LogP contribution in [0.2, 0.25) is 0 Å². The number of halogens is 2. The zero-order valence-electron chi connectivity index (χ0n) is 14.2. The third-order valence-electron chi connectivity index (χ3n) is 4.84. The van der Waals surface area contributed by atoms with Crippen molar-refractivity contribution < 1.29 is 4.79 Å². The van der Waals surface area contributed by atoms with Gasteiger partial charge in [-0.15, -0.1) is 24.8 Å². The van der Waals surface area contributed by atoms with Crippen LogP contribution >= 0.6 is 24.8 Å². The number of nitrogens with zero attached hydrogens (tertiary/aromatic N) is 2. The fraction of sp³-hybridized carbons (Fsp3) is 0.444. The van der Waals surface area contributed by atoms with Gasteiger partial charge in [-0.2, -0.15) is 0 Å². The molecule has 2 aromatic rings. The summed E-state index contributed by atoms with van der Waals surface area (Å²) >= 11 is 0. The molecular formula is C18H26Cl2N4O. The summed E-state index contributed by atoms with van der Waals surface area (Å²) in [6, 6.07) is 7.77. The van der Waals surface area contributed by atoms with Crippen molar-refractivity contribution in [2.75, 3.05) is 11.9 Å². The van der Waals surface area contributed by atoms with Gasteiger partial charge in [-0.25, -0.2) is 4.98 Å². The Bertz CT molecular complexity index is 655. The van der Waals surface area contributed by atoms with Gasteiger partial charge in [-0.05, 0) is 36.9 Å². The predicted octanol–water partition coefficient (Wildman–Crippen LogP) is 3.95. The molecule has 0 atom stereocenters. The fourth-order valence-corrected chi connectivity index (χ4v) is 3.50. The Kier molecular flexibility index (Phi) is 8.42. The summed E-state index contributed by atoms with van der Waals surface area (Å²) in [4.78, 5) is 16.6. The highest BCUT2D eigenvalue weighted by molar-refractivity contribution is 5.93. The van der Waals surface area contributed by atoms with E-state index in [1.54, 1.807) is 12.5 Å². The third-order valence-corrected chi connectivity index (χ3v) is 4.84. The second-order valence-corrected chi connectivity index (χ2v) is 6.48. The van der Waals surface area contributed by atoms with Gasteiger partial charge in [0, 0.05) is 18.8 Å². The molecule has 1 aliphatic carbocycles. The maximum atomic E-state index is 12.6. The van der Waals surface area contributed by atoms with Gasteiger partial charge in [-0.1, -0.05) is 31.4 Å². The van der Waals surface area contributed by atoms with Crippen molar-refractivity contribution in [3.05, 3.63) is 43.0 Å². The van der Waals surface area contributed by atoms with Crippen molar-refractivity contribution in [3.63, 3.8) is 0 Å². The molecule has 1 heterocycles. The predicted molar refractivity (Wildman–Crippen MR) is 106 cm³/mol. The molecule has 1 saturated carbocycles. The van der Waals surface area contributed by atoms with Crippen LogP contribution in [0.4, 0.5) is 5.69 Å². The number of nitrogens with two attached hydrogens (primary N) is 1. The fourth-order valence-electron chi connectivity index (χ4n) is 3.50. The molecule has 138 valence electrons. The van der Waals surface area contributed by atoms with E-state index in [-0.39, 0.29) is 36.1 Å². The topological polar surface area (TPSA) is 72.9 Å². The molecule has 0 saturated heterocycles. The van der Waals surface area contributed by atoms with E-state index in [4.69, 9.17) is 5.73 Å². The Labute approximate surface area is 161 Å². The smallest absolute Gasteiger partial charge is 0.225 e. The second-order valence-electron chi connectivity index (χ2n) is 6.48. The summed E-state index contributed by atoms with van der Waals surface area (Å²) < 4.78 is 1.90. The lowest BCUT2D eigenvalue weighted by atomic mass is 9.71. The standard InChI is InChI=1S/C18H24N4O.2ClH/c19-13-18(8-4-1-5-9-18)12-17(23)21-15-6-2-3-7-16(15)22-11-10-20-14-22;;/h2-3,6-7,10-11,14H,1,4-5,8-9,12-13,19H2,(H,21,23);2*1H. The molecule has 1 fully saturated rings. The number of nitrogens with one attached hydrogen (secondary N) is 1. The van der Waals surface area contributed by atoms with Crippen molar-refractivity contribution in [2.45, 2.75) is 38.5 Å². The van der Waals surface area contributed by atoms with Gasteiger partial charge < -0.3 is 15.6 Å². The van der Waals surface area contributed by atoms with E-state index in [0.29, 0.717) is 13.0 Å². The average molecular weight is 385 g/mol. The van der Waals surface area contributed by atoms with Crippen LogP contribution < -0.4 is 11.1 Å². The van der Waals surface area contributed by atoms with Crippen molar-refractivity contribution in [1.82, 2.24) is 9.55 Å². The number of carbonyl (C=O) groups excluding carboxylic acids is 1. The summed E-state index contributed by atoms with van der Waals surface area (Å²) in [5.74, 6) is 0.0462. The zero-order valence-corrected chi connectivity index (χ0v) is 15.8. The molecule has 7 heteroatoms. The number of hydrogen-bond acceptors (Lipinski definition) is 3. The zero-order chi connectivity index (χ0) is 16.1. The number of rotatable bonds is 5. The Morgan fingerprint density at radius 1 is 1.20 bits per heavy atom. The minimum Gasteiger partial charge on any atom is -0.330 e. The molecule has 5 nitrogen and oxygen atoms in total. The summed E-state index contributed by atoms with van der Waals surface area (Å²) in [6.07, 6.45) is 11.5. The lowest BCUT2D eigenvalue weighted by Gasteiger charge is -2.35. The van der Waals surface area contributed by atoms with Gasteiger partial charge >= 0.3 is 0 Å². The number of anilines is 1. The molecule has 1 amide bonds. The van der Waals surface area contributed by atoms with Crippen molar-refractivity contribution >= 4 is 36.4 Å². The van der Waals surface area contributed by atoms with E-state index in [2.05, 4.69) is 10.3 Å². The average Bonchev–Trinajstić information content (AvgIpc) is 3.10. The Balaban J connectivity index is 0.00000156. The van der Waals surface area contributed by atoms with Gasteiger partial charge in [0.1, 0.15) is 0 Å². The molecule has 0 aliphatic heterocycles. The highest BCUT2D eigenvalue weighted by atomic mass is 35.5. The molecule has 1 aromatic carbocycles. The normalized spacial score (nSPS) is 15.6. The number of hydrogen-bond donors (Lipinski definition) is 2. The molecule has 0 unspecified atom stereocenters. The first-order valence-corrected chi connectivity index (χ1v) is 8.30. The first-order chi connectivity index (χ1) is 11.2. The SMILES string of the molecule is Cl.Cl.NCC1(CC(=O)Nc2ccccc2-n2ccnc2)CCCCC1. The van der Waals surface area contributed by atoms with Crippen LogP contribution in [-0.4, -0.2) is 22.0 Å². The number of aromatic nitrogens is 2. The largest absolute Gasteiger partial charge is 0.330 e. The third kappa shape index (κ3) is 5.21. The highest BCUT2D eigenvalue weighted by Gasteiger charge is 2.33. The maximum absolute atomic E-state index is 12.6. The van der Waals surface area contributed by atoms with Gasteiger partial charge in [-0.3, -0.25) is 4.79 Å². The monoisotopic (exact) mass is 384 g/mol. The second kappa shape index (κ2) is 9.80. The highest BCUT2D eigenvalue weighted by Crippen LogP contribution is 2.38. The van der Waals surface area contributed by atoms with Crippen molar-refractivity contribution in [2.24, 2.45) is 11.1 Å². The quantitative estimate of drug-likeness (QED) is 0.819. The van der Waals surface area contributed by atoms with Crippen molar-refractivity contribution in [3.8, 4) is 5.69 Å². The molecule has 25 heavy (non-hydrogen) atoms. The molecule has 1 aliphatic rings. The lowest BCUT2D eigenvalue weighted by molar-refractivity contribution is -0.118. The minimum atomic E-state index is -0.0215. The summed E-state index contributed by atoms with van der Waals surface area (Å²) in [6.45, 7) is 0.587. The lowest BCUT2D eigenvalue weighted by Crippen LogP contribution is -2.36. The molecule has 1 aromatic heterocycles. The van der Waals surface area contributed by atoms with E-state index in [1.807, 2.05) is 35.0 Å². The van der Waals surface area contributed by atoms with Crippen LogP contribution in [0.5, 0.6) is 0 Å². The number of benzene rings is 1. The van der Waals surface area contributed by atoms with Crippen LogP contribution in [0, 0.1) is 5.41 Å². The number of amides is 1. The van der Waals surface area contributed by atoms with E-state index in [0.717, 1.165) is 24.2 Å². The number of carbonyl (C=O) groups is 1.